The molecular weight excluding hydrogens is 549 g/mol. The third kappa shape index (κ3) is 6.87. The van der Waals surface area contributed by atoms with E-state index < -0.39 is 11.9 Å². The molecule has 1 aromatic carbocycles. The third-order valence-electron chi connectivity index (χ3n) is 6.42. The van der Waals surface area contributed by atoms with Gasteiger partial charge in [0.05, 0.1) is 23.5 Å². The van der Waals surface area contributed by atoms with Gasteiger partial charge in [0, 0.05) is 48.6 Å². The number of benzene rings is 1. The minimum Gasteiger partial charge on any atom is -0.389 e. The van der Waals surface area contributed by atoms with Crippen molar-refractivity contribution in [2.24, 2.45) is 5.73 Å². The van der Waals surface area contributed by atoms with E-state index >= 15 is 0 Å². The number of nitrogens with two attached hydrogens (primary N) is 1. The molecule has 0 aliphatic carbocycles. The lowest BCUT2D eigenvalue weighted by Crippen LogP contribution is -2.28. The standard InChI is InChI=1S/C28H31F3N10O/c1-3-19-15-20(5-6-21(19)27(42)36-11-4-10-34-18(2)7-8-32)38-25-26-37-16-23(41(26)14-12-35-25)22-17-40(13-9-33)39-24(22)28(29,30)31/h5-6,12,14-17,34H,2-4,7-8,10-11,13,32H2,1H3,(H,35,38)(H,36,42). The van der Waals surface area contributed by atoms with E-state index in [1.807, 2.05) is 13.0 Å². The van der Waals surface area contributed by atoms with E-state index in [1.54, 1.807) is 18.2 Å². The summed E-state index contributed by atoms with van der Waals surface area (Å²) in [6, 6.07) is 7.07. The highest BCUT2D eigenvalue weighted by molar-refractivity contribution is 5.96. The molecule has 14 heteroatoms. The third-order valence-corrected chi connectivity index (χ3v) is 6.42. The summed E-state index contributed by atoms with van der Waals surface area (Å²) < 4.78 is 43.6. The highest BCUT2D eigenvalue weighted by Gasteiger charge is 2.38. The van der Waals surface area contributed by atoms with Gasteiger partial charge in [-0.3, -0.25) is 13.9 Å². The summed E-state index contributed by atoms with van der Waals surface area (Å²) in [5, 5.41) is 21.8. The Morgan fingerprint density at radius 2 is 2.00 bits per heavy atom. The number of aryl methyl sites for hydroxylation is 1. The summed E-state index contributed by atoms with van der Waals surface area (Å²) in [6.07, 6.45) is 2.71. The summed E-state index contributed by atoms with van der Waals surface area (Å²) in [7, 11) is 0. The number of amides is 1. The number of hydrogen-bond donors (Lipinski definition) is 4. The van der Waals surface area contributed by atoms with Crippen molar-refractivity contribution in [3.8, 4) is 17.3 Å². The average molecular weight is 581 g/mol. The van der Waals surface area contributed by atoms with Crippen LogP contribution in [0.5, 0.6) is 0 Å². The fraction of sp³-hybridized carbons (Fsp3) is 0.321. The van der Waals surface area contributed by atoms with E-state index in [0.717, 1.165) is 22.4 Å². The molecule has 3 aromatic heterocycles. The van der Waals surface area contributed by atoms with Crippen LogP contribution >= 0.6 is 0 Å². The molecule has 220 valence electrons. The summed E-state index contributed by atoms with van der Waals surface area (Å²) in [6.45, 7) is 7.19. The number of hydrogen-bond acceptors (Lipinski definition) is 8. The Bertz CT molecular complexity index is 1620. The lowest BCUT2D eigenvalue weighted by molar-refractivity contribution is -0.141. The van der Waals surface area contributed by atoms with Gasteiger partial charge in [0.1, 0.15) is 6.54 Å². The number of alkyl halides is 3. The van der Waals surface area contributed by atoms with Crippen LogP contribution in [0.25, 0.3) is 16.9 Å². The number of nitriles is 1. The second-order valence-corrected chi connectivity index (χ2v) is 9.39. The highest BCUT2D eigenvalue weighted by atomic mass is 19.4. The minimum absolute atomic E-state index is 0.145. The zero-order chi connectivity index (χ0) is 30.3. The van der Waals surface area contributed by atoms with Crippen molar-refractivity contribution in [1.29, 1.82) is 5.26 Å². The fourth-order valence-corrected chi connectivity index (χ4v) is 4.41. The van der Waals surface area contributed by atoms with Crippen LogP contribution in [0.1, 0.15) is 41.4 Å². The van der Waals surface area contributed by atoms with Gasteiger partial charge in [-0.15, -0.1) is 0 Å². The predicted octanol–water partition coefficient (Wildman–Crippen LogP) is 4.01. The number of nitrogens with one attached hydrogen (secondary N) is 3. The van der Waals surface area contributed by atoms with Crippen molar-refractivity contribution in [2.75, 3.05) is 25.0 Å². The van der Waals surface area contributed by atoms with Gasteiger partial charge in [0.25, 0.3) is 5.91 Å². The average Bonchev–Trinajstić information content (AvgIpc) is 3.58. The monoisotopic (exact) mass is 580 g/mol. The van der Waals surface area contributed by atoms with Gasteiger partial charge in [-0.2, -0.15) is 23.5 Å². The Kier molecular flexibility index (Phi) is 9.43. The first-order valence-electron chi connectivity index (χ1n) is 13.3. The summed E-state index contributed by atoms with van der Waals surface area (Å²) in [4.78, 5) is 21.5. The van der Waals surface area contributed by atoms with Crippen molar-refractivity contribution < 1.29 is 18.0 Å². The number of aromatic nitrogens is 5. The summed E-state index contributed by atoms with van der Waals surface area (Å²) in [5.41, 5.74) is 7.48. The molecule has 1 amide bonds. The maximum Gasteiger partial charge on any atom is 0.435 e. The molecule has 11 nitrogen and oxygen atoms in total. The van der Waals surface area contributed by atoms with E-state index in [9.17, 15) is 18.0 Å². The van der Waals surface area contributed by atoms with Crippen LogP contribution in [0.4, 0.5) is 24.7 Å². The number of anilines is 2. The van der Waals surface area contributed by atoms with Crippen LogP contribution in [0.15, 0.2) is 55.3 Å². The van der Waals surface area contributed by atoms with Crippen LogP contribution in [-0.2, 0) is 19.1 Å². The SMILES string of the molecule is C=C(CCN)NCCCNC(=O)c1ccc(Nc2nccn3c(-c4cn(CC#N)nc4C(F)(F)F)cnc23)cc1CC. The predicted molar refractivity (Wildman–Crippen MR) is 152 cm³/mol. The number of imidazole rings is 1. The molecule has 0 unspecified atom stereocenters. The second-order valence-electron chi connectivity index (χ2n) is 9.39. The first-order valence-corrected chi connectivity index (χ1v) is 13.3. The Hall–Kier alpha value is -4.90. The molecule has 0 spiro atoms. The molecule has 4 rings (SSSR count). The van der Waals surface area contributed by atoms with E-state index in [4.69, 9.17) is 11.0 Å². The van der Waals surface area contributed by atoms with Crippen molar-refractivity contribution in [3.63, 3.8) is 0 Å². The largest absolute Gasteiger partial charge is 0.435 e. The quantitative estimate of drug-likeness (QED) is 0.173. The topological polar surface area (TPSA) is 151 Å². The van der Waals surface area contributed by atoms with Crippen LogP contribution in [0.2, 0.25) is 0 Å². The van der Waals surface area contributed by atoms with E-state index in [-0.39, 0.29) is 29.4 Å². The lowest BCUT2D eigenvalue weighted by Gasteiger charge is -2.13. The zero-order valence-electron chi connectivity index (χ0n) is 23.0. The van der Waals surface area contributed by atoms with E-state index in [1.165, 1.54) is 29.2 Å². The first kappa shape index (κ1) is 30.1. The molecule has 0 fully saturated rings. The fourth-order valence-electron chi connectivity index (χ4n) is 4.41. The van der Waals surface area contributed by atoms with Gasteiger partial charge in [0.15, 0.2) is 17.2 Å². The molecule has 0 radical (unpaired) electrons. The maximum absolute atomic E-state index is 13.7. The van der Waals surface area contributed by atoms with Crippen molar-refractivity contribution in [3.05, 3.63) is 72.1 Å². The van der Waals surface area contributed by atoms with Crippen molar-refractivity contribution in [2.45, 2.75) is 38.9 Å². The number of halogens is 3. The van der Waals surface area contributed by atoms with Gasteiger partial charge >= 0.3 is 6.18 Å². The Morgan fingerprint density at radius 3 is 2.71 bits per heavy atom. The molecule has 0 bridgehead atoms. The molecule has 0 saturated heterocycles. The molecular formula is C28H31F3N10O. The van der Waals surface area contributed by atoms with Gasteiger partial charge in [-0.1, -0.05) is 13.5 Å². The summed E-state index contributed by atoms with van der Waals surface area (Å²) in [5.74, 6) is 0.124. The molecule has 0 saturated carbocycles. The van der Waals surface area contributed by atoms with Gasteiger partial charge in [-0.05, 0) is 49.6 Å². The molecule has 0 aliphatic rings. The van der Waals surface area contributed by atoms with Gasteiger partial charge in [-0.25, -0.2) is 9.97 Å². The first-order chi connectivity index (χ1) is 20.2. The van der Waals surface area contributed by atoms with Crippen molar-refractivity contribution in [1.82, 2.24) is 34.8 Å². The zero-order valence-corrected chi connectivity index (χ0v) is 23.0. The van der Waals surface area contributed by atoms with Crippen LogP contribution in [0.3, 0.4) is 0 Å². The minimum atomic E-state index is -4.73. The summed E-state index contributed by atoms with van der Waals surface area (Å²) >= 11 is 0. The van der Waals surface area contributed by atoms with Crippen LogP contribution < -0.4 is 21.7 Å². The van der Waals surface area contributed by atoms with Gasteiger partial charge in [0.2, 0.25) is 0 Å². The number of nitrogens with zero attached hydrogens (tertiary/aromatic N) is 6. The number of carbonyl (C=O) groups excluding carboxylic acids is 1. The number of fused-ring (bicyclic) bond motifs is 1. The number of rotatable bonds is 13. The molecule has 42 heavy (non-hydrogen) atoms. The second kappa shape index (κ2) is 13.2. The maximum atomic E-state index is 13.7. The smallest absolute Gasteiger partial charge is 0.389 e. The highest BCUT2D eigenvalue weighted by Crippen LogP contribution is 2.37. The van der Waals surface area contributed by atoms with E-state index in [2.05, 4.69) is 37.6 Å². The number of carbonyl (C=O) groups is 1. The normalized spacial score (nSPS) is 11.3. The molecule has 5 N–H and O–H groups in total. The Balaban J connectivity index is 1.51. The van der Waals surface area contributed by atoms with E-state index in [0.29, 0.717) is 49.5 Å². The Labute approximate surface area is 240 Å². The molecule has 0 atom stereocenters. The van der Waals surface area contributed by atoms with Crippen LogP contribution in [-0.4, -0.2) is 49.7 Å². The molecule has 0 aliphatic heterocycles. The molecule has 3 heterocycles. The van der Waals surface area contributed by atoms with Gasteiger partial charge < -0.3 is 21.7 Å². The lowest BCUT2D eigenvalue weighted by atomic mass is 10.0. The Morgan fingerprint density at radius 1 is 1.21 bits per heavy atom. The van der Waals surface area contributed by atoms with Crippen molar-refractivity contribution >= 4 is 23.1 Å². The van der Waals surface area contributed by atoms with Crippen LogP contribution in [0, 0.1) is 11.3 Å². The molecule has 4 aromatic rings.